The molecule has 1 aliphatic rings. The number of amidine groups is 1. The first-order valence-corrected chi connectivity index (χ1v) is 12.5. The van der Waals surface area contributed by atoms with Gasteiger partial charge in [-0.05, 0) is 54.1 Å². The van der Waals surface area contributed by atoms with Gasteiger partial charge in [-0.25, -0.2) is 8.42 Å². The number of carbonyl (C=O) groups excluding carboxylic acids is 1. The molecule has 0 radical (unpaired) electrons. The van der Waals surface area contributed by atoms with Gasteiger partial charge in [0.05, 0.1) is 6.27 Å². The van der Waals surface area contributed by atoms with Crippen LogP contribution in [0.5, 0.6) is 0 Å². The SMILES string of the molecule is [2H]c1c(S(=O)(=O)N[C@@H](Cc2ccc(C(=N)N)cc2)C(=O)N2CCCCC2)ccc2ccccc12. The first kappa shape index (κ1) is 21.6. The van der Waals surface area contributed by atoms with Gasteiger partial charge in [-0.15, -0.1) is 0 Å². The third-order valence-corrected chi connectivity index (χ3v) is 7.30. The molecule has 33 heavy (non-hydrogen) atoms. The highest BCUT2D eigenvalue weighted by Gasteiger charge is 2.30. The Morgan fingerprint density at radius 3 is 2.36 bits per heavy atom. The number of nitrogen functional groups attached to an aromatic ring is 1. The maximum Gasteiger partial charge on any atom is 0.241 e. The van der Waals surface area contributed by atoms with Crippen LogP contribution in [0.1, 0.15) is 31.8 Å². The Hall–Kier alpha value is -3.23. The van der Waals surface area contributed by atoms with E-state index in [2.05, 4.69) is 4.72 Å². The lowest BCUT2D eigenvalue weighted by atomic mass is 10.0. The number of amides is 1. The van der Waals surface area contributed by atoms with Crippen LogP contribution in [0.4, 0.5) is 0 Å². The second kappa shape index (κ2) is 9.72. The summed E-state index contributed by atoms with van der Waals surface area (Å²) in [6, 6.07) is 15.9. The lowest BCUT2D eigenvalue weighted by Crippen LogP contribution is -2.50. The van der Waals surface area contributed by atoms with E-state index in [9.17, 15) is 13.2 Å². The molecule has 4 rings (SSSR count). The monoisotopic (exact) mass is 465 g/mol. The number of hydrogen-bond acceptors (Lipinski definition) is 4. The van der Waals surface area contributed by atoms with Gasteiger partial charge >= 0.3 is 0 Å². The van der Waals surface area contributed by atoms with E-state index in [0.717, 1.165) is 30.2 Å². The van der Waals surface area contributed by atoms with Crippen LogP contribution in [0, 0.1) is 5.41 Å². The Kier molecular flexibility index (Phi) is 6.37. The summed E-state index contributed by atoms with van der Waals surface area (Å²) < 4.78 is 37.8. The summed E-state index contributed by atoms with van der Waals surface area (Å²) in [5, 5.41) is 8.86. The zero-order valence-electron chi connectivity index (χ0n) is 19.3. The minimum absolute atomic E-state index is 0.0625. The maximum atomic E-state index is 13.4. The number of nitrogens with two attached hydrogens (primary N) is 1. The van der Waals surface area contributed by atoms with Crippen molar-refractivity contribution in [3.63, 3.8) is 0 Å². The number of nitrogens with zero attached hydrogens (tertiary/aromatic N) is 1. The van der Waals surface area contributed by atoms with Gasteiger partial charge in [0.15, 0.2) is 0 Å². The first-order chi connectivity index (χ1) is 16.3. The highest BCUT2D eigenvalue weighted by Crippen LogP contribution is 2.20. The summed E-state index contributed by atoms with van der Waals surface area (Å²) in [5.41, 5.74) is 6.82. The van der Waals surface area contributed by atoms with Crippen molar-refractivity contribution >= 4 is 32.5 Å². The minimum Gasteiger partial charge on any atom is -0.384 e. The predicted molar refractivity (Wildman–Crippen MR) is 130 cm³/mol. The molecule has 7 nitrogen and oxygen atoms in total. The van der Waals surface area contributed by atoms with E-state index < -0.39 is 16.1 Å². The molecule has 1 saturated heterocycles. The number of rotatable bonds is 7. The average Bonchev–Trinajstić information content (AvgIpc) is 2.84. The molecular weight excluding hydrogens is 436 g/mol. The number of sulfonamides is 1. The topological polar surface area (TPSA) is 116 Å². The second-order valence-corrected chi connectivity index (χ2v) is 9.97. The Labute approximate surface area is 195 Å². The van der Waals surface area contributed by atoms with Gasteiger partial charge in [-0.1, -0.05) is 54.6 Å². The van der Waals surface area contributed by atoms with Crippen molar-refractivity contribution in [2.75, 3.05) is 13.1 Å². The van der Waals surface area contributed by atoms with Crippen molar-refractivity contribution in [1.29, 1.82) is 5.41 Å². The Morgan fingerprint density at radius 2 is 1.70 bits per heavy atom. The fourth-order valence-electron chi connectivity index (χ4n) is 4.07. The number of likely N-dealkylation sites (tertiary alicyclic amines) is 1. The van der Waals surface area contributed by atoms with Crippen molar-refractivity contribution in [1.82, 2.24) is 9.62 Å². The fourth-order valence-corrected chi connectivity index (χ4v) is 5.25. The molecule has 8 heteroatoms. The summed E-state index contributed by atoms with van der Waals surface area (Å²) in [4.78, 5) is 14.9. The molecule has 1 aliphatic heterocycles. The summed E-state index contributed by atoms with van der Waals surface area (Å²) in [5.74, 6) is -0.335. The zero-order chi connectivity index (χ0) is 24.3. The molecule has 3 aromatic carbocycles. The normalized spacial score (nSPS) is 15.8. The quantitative estimate of drug-likeness (QED) is 0.367. The Morgan fingerprint density at radius 1 is 1.03 bits per heavy atom. The van der Waals surface area contributed by atoms with Gasteiger partial charge in [-0.3, -0.25) is 10.2 Å². The third kappa shape index (κ3) is 5.40. The molecule has 0 aromatic heterocycles. The van der Waals surface area contributed by atoms with Gasteiger partial charge in [0.25, 0.3) is 0 Å². The van der Waals surface area contributed by atoms with E-state index >= 15 is 0 Å². The zero-order valence-corrected chi connectivity index (χ0v) is 19.1. The standard InChI is InChI=1S/C25H28N4O3S/c26-24(27)20-10-8-18(9-11-20)16-23(25(30)29-14-4-1-5-15-29)28-33(31,32)22-13-12-19-6-2-3-7-21(19)17-22/h2-3,6-13,17,23,28H,1,4-5,14-16H2,(H3,26,27)/t23-/m0/s1/i17D. The number of piperidine rings is 1. The van der Waals surface area contributed by atoms with Crippen molar-refractivity contribution in [3.8, 4) is 0 Å². The number of benzene rings is 3. The van der Waals surface area contributed by atoms with Crippen molar-refractivity contribution in [2.24, 2.45) is 5.73 Å². The molecule has 1 amide bonds. The van der Waals surface area contributed by atoms with Crippen LogP contribution in [-0.4, -0.2) is 44.2 Å². The molecule has 1 atom stereocenters. The van der Waals surface area contributed by atoms with E-state index in [-0.39, 0.29) is 29.1 Å². The summed E-state index contributed by atoms with van der Waals surface area (Å²) in [7, 11) is -4.15. The summed E-state index contributed by atoms with van der Waals surface area (Å²) >= 11 is 0. The van der Waals surface area contributed by atoms with E-state index in [1.165, 1.54) is 6.07 Å². The summed E-state index contributed by atoms with van der Waals surface area (Å²) in [6.07, 6.45) is 2.97. The van der Waals surface area contributed by atoms with Crippen LogP contribution in [0.3, 0.4) is 0 Å². The van der Waals surface area contributed by atoms with Crippen LogP contribution in [-0.2, 0) is 21.2 Å². The third-order valence-electron chi connectivity index (χ3n) is 5.89. The fraction of sp³-hybridized carbons (Fsp3) is 0.280. The molecule has 4 N–H and O–H groups in total. The van der Waals surface area contributed by atoms with Gasteiger partial charge in [0.2, 0.25) is 15.9 Å². The predicted octanol–water partition coefficient (Wildman–Crippen LogP) is 3.03. The van der Waals surface area contributed by atoms with Crippen molar-refractivity contribution < 1.29 is 14.6 Å². The minimum atomic E-state index is -4.15. The number of hydrogen-bond donors (Lipinski definition) is 3. The Balaban J connectivity index is 1.65. The van der Waals surface area contributed by atoms with E-state index in [0.29, 0.717) is 24.0 Å². The highest BCUT2D eigenvalue weighted by atomic mass is 32.2. The smallest absolute Gasteiger partial charge is 0.241 e. The van der Waals surface area contributed by atoms with E-state index in [1.54, 1.807) is 47.4 Å². The van der Waals surface area contributed by atoms with E-state index in [1.807, 2.05) is 12.1 Å². The van der Waals surface area contributed by atoms with Gasteiger partial charge < -0.3 is 10.6 Å². The molecule has 1 fully saturated rings. The van der Waals surface area contributed by atoms with Crippen LogP contribution < -0.4 is 10.5 Å². The first-order valence-electron chi connectivity index (χ1n) is 11.5. The van der Waals surface area contributed by atoms with Crippen molar-refractivity contribution in [3.05, 3.63) is 77.8 Å². The maximum absolute atomic E-state index is 13.4. The summed E-state index contributed by atoms with van der Waals surface area (Å²) in [6.45, 7) is 1.19. The molecule has 0 bridgehead atoms. The lowest BCUT2D eigenvalue weighted by molar-refractivity contribution is -0.133. The molecule has 0 aliphatic carbocycles. The van der Waals surface area contributed by atoms with Crippen molar-refractivity contribution in [2.45, 2.75) is 36.6 Å². The molecule has 0 spiro atoms. The molecule has 0 unspecified atom stereocenters. The average molecular weight is 466 g/mol. The molecule has 172 valence electrons. The van der Waals surface area contributed by atoms with Crippen LogP contribution in [0.15, 0.2) is 71.6 Å². The van der Waals surface area contributed by atoms with E-state index in [4.69, 9.17) is 12.5 Å². The number of nitrogens with one attached hydrogen (secondary N) is 2. The molecule has 1 heterocycles. The molecule has 3 aromatic rings. The van der Waals surface area contributed by atoms with Gasteiger partial charge in [0.1, 0.15) is 11.9 Å². The Bertz CT molecular complexity index is 1320. The lowest BCUT2D eigenvalue weighted by Gasteiger charge is -2.30. The van der Waals surface area contributed by atoms with Crippen LogP contribution >= 0.6 is 0 Å². The molecule has 0 saturated carbocycles. The second-order valence-electron chi connectivity index (χ2n) is 8.28. The largest absolute Gasteiger partial charge is 0.384 e. The van der Waals surface area contributed by atoms with Gasteiger partial charge in [0, 0.05) is 18.7 Å². The molecular formula is C25H28N4O3S. The van der Waals surface area contributed by atoms with Crippen LogP contribution in [0.25, 0.3) is 10.8 Å². The van der Waals surface area contributed by atoms with Gasteiger partial charge in [-0.2, -0.15) is 4.72 Å². The number of carbonyl (C=O) groups is 1. The number of fused-ring (bicyclic) bond motifs is 1. The highest BCUT2D eigenvalue weighted by molar-refractivity contribution is 7.89. The van der Waals surface area contributed by atoms with Crippen LogP contribution in [0.2, 0.25) is 0 Å².